The number of rotatable bonds is 9. The molecule has 0 atom stereocenters. The van der Waals surface area contributed by atoms with Gasteiger partial charge >= 0.3 is 0 Å². The molecular weight excluding hydrogens is 424 g/mol. The summed E-state index contributed by atoms with van der Waals surface area (Å²) in [6, 6.07) is 17.2. The Morgan fingerprint density at radius 1 is 1.12 bits per heavy atom. The van der Waals surface area contributed by atoms with E-state index in [9.17, 15) is 4.79 Å². The number of halogens is 1. The molecule has 4 aromatic rings. The van der Waals surface area contributed by atoms with Crippen molar-refractivity contribution < 1.29 is 9.53 Å². The van der Waals surface area contributed by atoms with Crippen molar-refractivity contribution in [2.45, 2.75) is 26.3 Å². The molecule has 4 rings (SSSR count). The lowest BCUT2D eigenvalue weighted by Gasteiger charge is -2.11. The van der Waals surface area contributed by atoms with Crippen molar-refractivity contribution in [2.24, 2.45) is 0 Å². The number of hydrogen-bond donors (Lipinski definition) is 1. The van der Waals surface area contributed by atoms with E-state index in [4.69, 9.17) is 21.3 Å². The second kappa shape index (κ2) is 10.3. The number of fused-ring (bicyclic) bond motifs is 1. The van der Waals surface area contributed by atoms with Gasteiger partial charge in [-0.05, 0) is 61.4 Å². The zero-order valence-electron chi connectivity index (χ0n) is 17.9. The molecule has 0 bridgehead atoms. The lowest BCUT2D eigenvalue weighted by Crippen LogP contribution is -2.26. The molecule has 0 aliphatic carbocycles. The maximum atomic E-state index is 12.3. The third-order valence-electron chi connectivity index (χ3n) is 5.23. The van der Waals surface area contributed by atoms with Crippen molar-refractivity contribution in [3.05, 3.63) is 89.0 Å². The van der Waals surface area contributed by atoms with Crippen molar-refractivity contribution in [3.63, 3.8) is 0 Å². The van der Waals surface area contributed by atoms with Crippen molar-refractivity contribution in [2.75, 3.05) is 13.2 Å². The van der Waals surface area contributed by atoms with Crippen LogP contribution in [0.5, 0.6) is 5.75 Å². The SMILES string of the molecule is Cc1cc(OCCCn2c(CCNC(=O)c3ccncc3)nc3ccccc32)ccc1Cl. The average Bonchev–Trinajstić information content (AvgIpc) is 3.17. The van der Waals surface area contributed by atoms with Gasteiger partial charge in [-0.1, -0.05) is 23.7 Å². The third-order valence-corrected chi connectivity index (χ3v) is 5.66. The highest BCUT2D eigenvalue weighted by Crippen LogP contribution is 2.21. The van der Waals surface area contributed by atoms with Gasteiger partial charge in [-0.25, -0.2) is 4.98 Å². The number of hydrogen-bond acceptors (Lipinski definition) is 4. The van der Waals surface area contributed by atoms with Crippen molar-refractivity contribution in [1.82, 2.24) is 19.9 Å². The fourth-order valence-corrected chi connectivity index (χ4v) is 3.70. The standard InChI is InChI=1S/C25H25ClN4O2/c1-18-17-20(7-8-21(18)26)32-16-4-15-30-23-6-3-2-5-22(23)29-24(30)11-14-28-25(31)19-9-12-27-13-10-19/h2-3,5-10,12-13,17H,4,11,14-16H2,1H3,(H,28,31). The first-order valence-electron chi connectivity index (χ1n) is 10.6. The van der Waals surface area contributed by atoms with Crippen LogP contribution in [0.1, 0.15) is 28.2 Å². The molecule has 0 saturated carbocycles. The van der Waals surface area contributed by atoms with Crippen molar-refractivity contribution >= 4 is 28.5 Å². The van der Waals surface area contributed by atoms with Crippen LogP contribution in [0.25, 0.3) is 11.0 Å². The zero-order chi connectivity index (χ0) is 22.3. The summed E-state index contributed by atoms with van der Waals surface area (Å²) in [7, 11) is 0. The van der Waals surface area contributed by atoms with Crippen LogP contribution in [0.4, 0.5) is 0 Å². The Kier molecular flexibility index (Phi) is 7.02. The first-order chi connectivity index (χ1) is 15.6. The predicted octanol–water partition coefficient (Wildman–Crippen LogP) is 4.83. The Labute approximate surface area is 192 Å². The first kappa shape index (κ1) is 21.8. The number of carbonyl (C=O) groups is 1. The van der Waals surface area contributed by atoms with Gasteiger partial charge in [0.25, 0.3) is 5.91 Å². The molecular formula is C25H25ClN4O2. The molecule has 0 spiro atoms. The van der Waals surface area contributed by atoms with E-state index in [-0.39, 0.29) is 5.91 Å². The first-order valence-corrected chi connectivity index (χ1v) is 11.0. The van der Waals surface area contributed by atoms with Crippen LogP contribution in [-0.4, -0.2) is 33.6 Å². The monoisotopic (exact) mass is 448 g/mol. The quantitative estimate of drug-likeness (QED) is 0.372. The number of aromatic nitrogens is 3. The van der Waals surface area contributed by atoms with Gasteiger partial charge in [0.1, 0.15) is 11.6 Å². The summed E-state index contributed by atoms with van der Waals surface area (Å²) < 4.78 is 8.11. The number of nitrogens with zero attached hydrogens (tertiary/aromatic N) is 3. The molecule has 0 radical (unpaired) electrons. The molecule has 164 valence electrons. The van der Waals surface area contributed by atoms with E-state index >= 15 is 0 Å². The smallest absolute Gasteiger partial charge is 0.251 e. The maximum absolute atomic E-state index is 12.3. The largest absolute Gasteiger partial charge is 0.494 e. The molecule has 1 N–H and O–H groups in total. The topological polar surface area (TPSA) is 69.0 Å². The van der Waals surface area contributed by atoms with Gasteiger partial charge in [0.2, 0.25) is 0 Å². The second-order valence-electron chi connectivity index (χ2n) is 7.52. The summed E-state index contributed by atoms with van der Waals surface area (Å²) in [4.78, 5) is 21.0. The van der Waals surface area contributed by atoms with Crippen LogP contribution < -0.4 is 10.1 Å². The molecule has 1 amide bonds. The summed E-state index contributed by atoms with van der Waals surface area (Å²) in [5, 5.41) is 3.70. The number of para-hydroxylation sites is 2. The van der Waals surface area contributed by atoms with E-state index in [2.05, 4.69) is 20.9 Å². The van der Waals surface area contributed by atoms with Crippen molar-refractivity contribution in [3.8, 4) is 5.75 Å². The van der Waals surface area contributed by atoms with E-state index in [1.807, 2.05) is 43.3 Å². The number of aryl methyl sites for hydroxylation is 2. The molecule has 0 saturated heterocycles. The van der Waals surface area contributed by atoms with Gasteiger partial charge < -0.3 is 14.6 Å². The molecule has 6 nitrogen and oxygen atoms in total. The molecule has 2 aromatic heterocycles. The minimum atomic E-state index is -0.110. The molecule has 2 aromatic carbocycles. The highest BCUT2D eigenvalue weighted by Gasteiger charge is 2.11. The summed E-state index contributed by atoms with van der Waals surface area (Å²) in [5.74, 6) is 1.66. The number of imidazole rings is 1. The van der Waals surface area contributed by atoms with Gasteiger partial charge in [-0.15, -0.1) is 0 Å². The summed E-state index contributed by atoms with van der Waals surface area (Å²) in [6.45, 7) is 3.84. The molecule has 32 heavy (non-hydrogen) atoms. The van der Waals surface area contributed by atoms with E-state index in [0.717, 1.165) is 46.2 Å². The Balaban J connectivity index is 1.37. The van der Waals surface area contributed by atoms with Gasteiger partial charge in [0.05, 0.1) is 17.6 Å². The second-order valence-corrected chi connectivity index (χ2v) is 7.93. The number of pyridine rings is 1. The van der Waals surface area contributed by atoms with Crippen LogP contribution >= 0.6 is 11.6 Å². The van der Waals surface area contributed by atoms with Crippen LogP contribution in [0.3, 0.4) is 0 Å². The highest BCUT2D eigenvalue weighted by atomic mass is 35.5. The maximum Gasteiger partial charge on any atom is 0.251 e. The van der Waals surface area contributed by atoms with Gasteiger partial charge in [0, 0.05) is 42.5 Å². The zero-order valence-corrected chi connectivity index (χ0v) is 18.7. The van der Waals surface area contributed by atoms with Gasteiger partial charge in [-0.2, -0.15) is 0 Å². The van der Waals surface area contributed by atoms with E-state index in [1.54, 1.807) is 24.5 Å². The number of amides is 1. The molecule has 0 unspecified atom stereocenters. The Hall–Kier alpha value is -3.38. The van der Waals surface area contributed by atoms with Gasteiger partial charge in [0.15, 0.2) is 0 Å². The van der Waals surface area contributed by atoms with Crippen LogP contribution in [0, 0.1) is 6.92 Å². The third kappa shape index (κ3) is 5.26. The minimum Gasteiger partial charge on any atom is -0.494 e. The highest BCUT2D eigenvalue weighted by molar-refractivity contribution is 6.31. The number of benzene rings is 2. The van der Waals surface area contributed by atoms with Crippen molar-refractivity contribution in [1.29, 1.82) is 0 Å². The van der Waals surface area contributed by atoms with Crippen LogP contribution in [0.2, 0.25) is 5.02 Å². The normalized spacial score (nSPS) is 10.9. The van der Waals surface area contributed by atoms with E-state index in [0.29, 0.717) is 25.1 Å². The van der Waals surface area contributed by atoms with E-state index < -0.39 is 0 Å². The summed E-state index contributed by atoms with van der Waals surface area (Å²) >= 11 is 6.08. The average molecular weight is 449 g/mol. The fraction of sp³-hybridized carbons (Fsp3) is 0.240. The van der Waals surface area contributed by atoms with Gasteiger partial charge in [-0.3, -0.25) is 9.78 Å². The Morgan fingerprint density at radius 3 is 2.75 bits per heavy atom. The molecule has 0 aliphatic heterocycles. The fourth-order valence-electron chi connectivity index (χ4n) is 3.58. The molecule has 0 fully saturated rings. The molecule has 0 aliphatic rings. The lowest BCUT2D eigenvalue weighted by atomic mass is 10.2. The molecule has 2 heterocycles. The minimum absolute atomic E-state index is 0.110. The lowest BCUT2D eigenvalue weighted by molar-refractivity contribution is 0.0954. The molecule has 7 heteroatoms. The summed E-state index contributed by atoms with van der Waals surface area (Å²) in [5.41, 5.74) is 3.64. The number of ether oxygens (including phenoxy) is 1. The van der Waals surface area contributed by atoms with Crippen LogP contribution in [0.15, 0.2) is 67.0 Å². The summed E-state index contributed by atoms with van der Waals surface area (Å²) in [6.07, 6.45) is 4.70. The number of nitrogens with one attached hydrogen (secondary N) is 1. The van der Waals surface area contributed by atoms with Crippen LogP contribution in [-0.2, 0) is 13.0 Å². The number of carbonyl (C=O) groups excluding carboxylic acids is 1. The Morgan fingerprint density at radius 2 is 1.94 bits per heavy atom. The van der Waals surface area contributed by atoms with E-state index in [1.165, 1.54) is 0 Å². The predicted molar refractivity (Wildman–Crippen MR) is 126 cm³/mol. The Bertz CT molecular complexity index is 1210.